The molecule has 1 atom stereocenters. The molecule has 1 aromatic heterocycles. The van der Waals surface area contributed by atoms with Gasteiger partial charge in [-0.05, 0) is 45.4 Å². The van der Waals surface area contributed by atoms with Crippen molar-refractivity contribution in [1.29, 1.82) is 0 Å². The van der Waals surface area contributed by atoms with Crippen molar-refractivity contribution in [2.75, 3.05) is 13.1 Å². The fourth-order valence-electron chi connectivity index (χ4n) is 2.14. The maximum Gasteiger partial charge on any atom is 0.191 e. The SMILES string of the molecule is CCNC(=NCCCCn1cnnc1)NC(C)CCC(C)C.I. The summed E-state index contributed by atoms with van der Waals surface area (Å²) in [5.74, 6) is 1.68. The minimum absolute atomic E-state index is 0. The summed E-state index contributed by atoms with van der Waals surface area (Å²) in [6, 6.07) is 0.456. The van der Waals surface area contributed by atoms with Gasteiger partial charge in [-0.3, -0.25) is 4.99 Å². The molecule has 1 unspecified atom stereocenters. The monoisotopic (exact) mass is 436 g/mol. The quantitative estimate of drug-likeness (QED) is 0.256. The Morgan fingerprint density at radius 2 is 1.83 bits per heavy atom. The van der Waals surface area contributed by atoms with Crippen LogP contribution in [0.15, 0.2) is 17.6 Å². The van der Waals surface area contributed by atoms with Crippen molar-refractivity contribution in [3.05, 3.63) is 12.7 Å². The number of unbranched alkanes of at least 4 members (excludes halogenated alkanes) is 1. The number of aliphatic imine (C=N–C) groups is 1. The van der Waals surface area contributed by atoms with E-state index in [0.717, 1.165) is 44.4 Å². The Morgan fingerprint density at radius 1 is 1.13 bits per heavy atom. The predicted molar refractivity (Wildman–Crippen MR) is 107 cm³/mol. The molecule has 0 bridgehead atoms. The Balaban J connectivity index is 0.00000484. The van der Waals surface area contributed by atoms with Gasteiger partial charge in [0, 0.05) is 25.7 Å². The van der Waals surface area contributed by atoms with Crippen LogP contribution in [-0.2, 0) is 6.54 Å². The molecule has 1 rings (SSSR count). The molecule has 6 nitrogen and oxygen atoms in total. The highest BCUT2D eigenvalue weighted by atomic mass is 127. The van der Waals surface area contributed by atoms with Crippen molar-refractivity contribution < 1.29 is 0 Å². The average molecular weight is 436 g/mol. The second-order valence-corrected chi connectivity index (χ2v) is 6.18. The third kappa shape index (κ3) is 11.3. The lowest BCUT2D eigenvalue weighted by Crippen LogP contribution is -2.42. The van der Waals surface area contributed by atoms with E-state index in [-0.39, 0.29) is 24.0 Å². The number of nitrogens with zero attached hydrogens (tertiary/aromatic N) is 4. The Hall–Kier alpha value is -0.860. The van der Waals surface area contributed by atoms with Crippen LogP contribution >= 0.6 is 24.0 Å². The van der Waals surface area contributed by atoms with Crippen LogP contribution < -0.4 is 10.6 Å². The van der Waals surface area contributed by atoms with Gasteiger partial charge in [0.25, 0.3) is 0 Å². The van der Waals surface area contributed by atoms with Crippen LogP contribution in [-0.4, -0.2) is 39.9 Å². The number of guanidine groups is 1. The number of aromatic nitrogens is 3. The van der Waals surface area contributed by atoms with Crippen molar-refractivity contribution in [1.82, 2.24) is 25.4 Å². The highest BCUT2D eigenvalue weighted by Crippen LogP contribution is 2.06. The van der Waals surface area contributed by atoms with E-state index >= 15 is 0 Å². The summed E-state index contributed by atoms with van der Waals surface area (Å²) in [4.78, 5) is 4.65. The number of hydrogen-bond donors (Lipinski definition) is 2. The van der Waals surface area contributed by atoms with Crippen molar-refractivity contribution in [2.45, 2.75) is 66.0 Å². The van der Waals surface area contributed by atoms with E-state index in [0.29, 0.717) is 6.04 Å². The second-order valence-electron chi connectivity index (χ2n) is 6.18. The van der Waals surface area contributed by atoms with E-state index < -0.39 is 0 Å². The number of halogens is 1. The van der Waals surface area contributed by atoms with Gasteiger partial charge >= 0.3 is 0 Å². The summed E-state index contributed by atoms with van der Waals surface area (Å²) in [5.41, 5.74) is 0. The van der Waals surface area contributed by atoms with Crippen LogP contribution in [0.3, 0.4) is 0 Å². The lowest BCUT2D eigenvalue weighted by atomic mass is 10.0. The van der Waals surface area contributed by atoms with Crippen LogP contribution in [0.5, 0.6) is 0 Å². The standard InChI is InChI=1S/C16H32N6.HI/c1-5-17-16(21-15(4)9-8-14(2)3)18-10-6-7-11-22-12-19-20-13-22;/h12-15H,5-11H2,1-4H3,(H2,17,18,21);1H. The summed E-state index contributed by atoms with van der Waals surface area (Å²) >= 11 is 0. The first-order chi connectivity index (χ1) is 10.6. The van der Waals surface area contributed by atoms with Gasteiger partial charge in [-0.2, -0.15) is 0 Å². The van der Waals surface area contributed by atoms with Crippen LogP contribution in [0.25, 0.3) is 0 Å². The summed E-state index contributed by atoms with van der Waals surface area (Å²) in [6.07, 6.45) is 8.08. The van der Waals surface area contributed by atoms with E-state index in [9.17, 15) is 0 Å². The first-order valence-electron chi connectivity index (χ1n) is 8.49. The van der Waals surface area contributed by atoms with E-state index in [4.69, 9.17) is 0 Å². The number of aryl methyl sites for hydroxylation is 1. The number of rotatable bonds is 10. The molecule has 0 aliphatic heterocycles. The summed E-state index contributed by atoms with van der Waals surface area (Å²) < 4.78 is 2.00. The summed E-state index contributed by atoms with van der Waals surface area (Å²) in [5, 5.41) is 14.4. The molecular formula is C16H33IN6. The highest BCUT2D eigenvalue weighted by molar-refractivity contribution is 14.0. The topological polar surface area (TPSA) is 67.1 Å². The molecule has 7 heteroatoms. The first-order valence-corrected chi connectivity index (χ1v) is 8.49. The van der Waals surface area contributed by atoms with E-state index in [1.807, 2.05) is 4.57 Å². The maximum absolute atomic E-state index is 4.65. The van der Waals surface area contributed by atoms with Gasteiger partial charge in [0.05, 0.1) is 0 Å². The van der Waals surface area contributed by atoms with Crippen molar-refractivity contribution in [3.8, 4) is 0 Å². The lowest BCUT2D eigenvalue weighted by molar-refractivity contribution is 0.489. The molecule has 1 heterocycles. The second kappa shape index (κ2) is 13.6. The minimum atomic E-state index is 0. The van der Waals surface area contributed by atoms with Gasteiger partial charge in [0.1, 0.15) is 12.7 Å². The van der Waals surface area contributed by atoms with E-state index in [1.165, 1.54) is 12.8 Å². The van der Waals surface area contributed by atoms with Crippen molar-refractivity contribution >= 4 is 29.9 Å². The van der Waals surface area contributed by atoms with Gasteiger partial charge in [0.15, 0.2) is 5.96 Å². The van der Waals surface area contributed by atoms with Crippen LogP contribution in [0.2, 0.25) is 0 Å². The smallest absolute Gasteiger partial charge is 0.191 e. The Morgan fingerprint density at radius 3 is 2.43 bits per heavy atom. The van der Waals surface area contributed by atoms with Crippen molar-refractivity contribution in [2.24, 2.45) is 10.9 Å². The Kier molecular flexibility index (Phi) is 13.1. The molecular weight excluding hydrogens is 403 g/mol. The third-order valence-electron chi connectivity index (χ3n) is 3.47. The van der Waals surface area contributed by atoms with Crippen LogP contribution in [0, 0.1) is 5.92 Å². The van der Waals surface area contributed by atoms with Crippen molar-refractivity contribution in [3.63, 3.8) is 0 Å². The number of hydrogen-bond acceptors (Lipinski definition) is 3. The normalized spacial score (nSPS) is 12.8. The largest absolute Gasteiger partial charge is 0.357 e. The summed E-state index contributed by atoms with van der Waals surface area (Å²) in [7, 11) is 0. The molecule has 0 fully saturated rings. The van der Waals surface area contributed by atoms with Gasteiger partial charge < -0.3 is 15.2 Å². The Labute approximate surface area is 158 Å². The van der Waals surface area contributed by atoms with Crippen LogP contribution in [0.1, 0.15) is 53.4 Å². The highest BCUT2D eigenvalue weighted by Gasteiger charge is 2.06. The molecule has 134 valence electrons. The Bertz CT molecular complexity index is 405. The molecule has 0 saturated heterocycles. The zero-order valence-electron chi connectivity index (χ0n) is 15.0. The molecule has 0 aliphatic carbocycles. The maximum atomic E-state index is 4.65. The van der Waals surface area contributed by atoms with Gasteiger partial charge in [-0.1, -0.05) is 13.8 Å². The zero-order valence-corrected chi connectivity index (χ0v) is 17.3. The molecule has 23 heavy (non-hydrogen) atoms. The molecule has 2 N–H and O–H groups in total. The van der Waals surface area contributed by atoms with E-state index in [2.05, 4.69) is 53.5 Å². The fourth-order valence-corrected chi connectivity index (χ4v) is 2.14. The molecule has 0 aromatic carbocycles. The zero-order chi connectivity index (χ0) is 16.2. The van der Waals surface area contributed by atoms with Gasteiger partial charge in [-0.25, -0.2) is 0 Å². The third-order valence-corrected chi connectivity index (χ3v) is 3.47. The first kappa shape index (κ1) is 22.1. The number of nitrogens with one attached hydrogen (secondary N) is 2. The van der Waals surface area contributed by atoms with E-state index in [1.54, 1.807) is 12.7 Å². The fraction of sp³-hybridized carbons (Fsp3) is 0.812. The average Bonchev–Trinajstić information content (AvgIpc) is 2.98. The van der Waals surface area contributed by atoms with Gasteiger partial charge in [-0.15, -0.1) is 34.2 Å². The van der Waals surface area contributed by atoms with Gasteiger partial charge in [0.2, 0.25) is 0 Å². The molecule has 0 aliphatic rings. The molecule has 0 spiro atoms. The molecule has 0 amide bonds. The van der Waals surface area contributed by atoms with Crippen LogP contribution in [0.4, 0.5) is 0 Å². The minimum Gasteiger partial charge on any atom is -0.357 e. The summed E-state index contributed by atoms with van der Waals surface area (Å²) in [6.45, 7) is 11.5. The molecule has 1 aromatic rings. The predicted octanol–water partition coefficient (Wildman–Crippen LogP) is 3.06. The molecule has 0 radical (unpaired) electrons. The molecule has 0 saturated carbocycles. The lowest BCUT2D eigenvalue weighted by Gasteiger charge is -2.18.